The molecule has 0 aliphatic carbocycles. The van der Waals surface area contributed by atoms with Crippen LogP contribution < -0.4 is 10.3 Å². The number of benzene rings is 1. The summed E-state index contributed by atoms with van der Waals surface area (Å²) in [5, 5.41) is 1.14. The number of rotatable bonds is 7. The summed E-state index contributed by atoms with van der Waals surface area (Å²) in [5.74, 6) is 1.49. The van der Waals surface area contributed by atoms with Crippen LogP contribution in [0.15, 0.2) is 57.0 Å². The number of hydrogen-bond acceptors (Lipinski definition) is 7. The smallest absolute Gasteiger partial charge is 0.263 e. The van der Waals surface area contributed by atoms with Gasteiger partial charge in [0, 0.05) is 10.4 Å². The van der Waals surface area contributed by atoms with Gasteiger partial charge in [-0.15, -0.1) is 11.3 Å². The van der Waals surface area contributed by atoms with E-state index in [2.05, 4.69) is 0 Å². The van der Waals surface area contributed by atoms with Crippen molar-refractivity contribution in [2.75, 3.05) is 12.9 Å². The van der Waals surface area contributed by atoms with Crippen LogP contribution in [0.1, 0.15) is 26.6 Å². The summed E-state index contributed by atoms with van der Waals surface area (Å²) >= 11 is 2.76. The zero-order valence-electron chi connectivity index (χ0n) is 16.8. The maximum atomic E-state index is 13.3. The number of furan rings is 1. The van der Waals surface area contributed by atoms with E-state index in [1.807, 2.05) is 19.9 Å². The van der Waals surface area contributed by atoms with E-state index in [9.17, 15) is 9.59 Å². The average Bonchev–Trinajstić information content (AvgIpc) is 3.36. The van der Waals surface area contributed by atoms with Gasteiger partial charge in [0.15, 0.2) is 10.9 Å². The third-order valence-corrected chi connectivity index (χ3v) is 6.97. The van der Waals surface area contributed by atoms with Gasteiger partial charge in [0.2, 0.25) is 0 Å². The van der Waals surface area contributed by atoms with Crippen LogP contribution in [0.5, 0.6) is 5.75 Å². The van der Waals surface area contributed by atoms with E-state index < -0.39 is 0 Å². The summed E-state index contributed by atoms with van der Waals surface area (Å²) in [6.07, 6.45) is 1.58. The number of methoxy groups -OCH3 is 1. The molecule has 8 heteroatoms. The van der Waals surface area contributed by atoms with Crippen molar-refractivity contribution in [2.24, 2.45) is 0 Å². The molecule has 0 N–H and O–H groups in total. The van der Waals surface area contributed by atoms with E-state index in [1.54, 1.807) is 48.3 Å². The van der Waals surface area contributed by atoms with E-state index in [-0.39, 0.29) is 23.6 Å². The maximum absolute atomic E-state index is 13.3. The minimum atomic E-state index is -0.113. The molecule has 0 aliphatic rings. The van der Waals surface area contributed by atoms with Crippen molar-refractivity contribution in [2.45, 2.75) is 25.5 Å². The van der Waals surface area contributed by atoms with E-state index in [0.29, 0.717) is 32.4 Å². The molecule has 154 valence electrons. The Hall–Kier alpha value is -2.84. The van der Waals surface area contributed by atoms with Crippen molar-refractivity contribution in [1.82, 2.24) is 9.55 Å². The molecule has 0 aliphatic heterocycles. The number of Topliss-reactive ketones (excluding diaryl/α,β-unsaturated/α-hetero) is 1. The van der Waals surface area contributed by atoms with Crippen LogP contribution in [-0.4, -0.2) is 28.2 Å². The number of thioether (sulfide) groups is 1. The third-order valence-electron chi connectivity index (χ3n) is 4.89. The first kappa shape index (κ1) is 20.4. The van der Waals surface area contributed by atoms with Gasteiger partial charge in [-0.3, -0.25) is 14.2 Å². The van der Waals surface area contributed by atoms with Crippen LogP contribution in [0, 0.1) is 13.8 Å². The number of fused-ring (bicyclic) bond motifs is 1. The van der Waals surface area contributed by atoms with Crippen molar-refractivity contribution in [3.63, 3.8) is 0 Å². The molecule has 1 aromatic carbocycles. The summed E-state index contributed by atoms with van der Waals surface area (Å²) in [7, 11) is 1.58. The summed E-state index contributed by atoms with van der Waals surface area (Å²) in [5.41, 5.74) is 1.43. The minimum absolute atomic E-state index is 0.0416. The van der Waals surface area contributed by atoms with Crippen molar-refractivity contribution >= 4 is 39.1 Å². The molecule has 0 saturated heterocycles. The lowest BCUT2D eigenvalue weighted by Gasteiger charge is -2.11. The topological polar surface area (TPSA) is 74.3 Å². The van der Waals surface area contributed by atoms with Gasteiger partial charge in [-0.25, -0.2) is 4.98 Å². The van der Waals surface area contributed by atoms with Gasteiger partial charge in [-0.05, 0) is 55.8 Å². The first-order valence-electron chi connectivity index (χ1n) is 9.31. The predicted molar refractivity (Wildman–Crippen MR) is 119 cm³/mol. The molecule has 4 aromatic rings. The number of thiophene rings is 1. The van der Waals surface area contributed by atoms with E-state index in [4.69, 9.17) is 14.1 Å². The molecule has 0 fully saturated rings. The van der Waals surface area contributed by atoms with Crippen molar-refractivity contribution < 1.29 is 13.9 Å². The van der Waals surface area contributed by atoms with Gasteiger partial charge >= 0.3 is 0 Å². The van der Waals surface area contributed by atoms with Gasteiger partial charge in [0.1, 0.15) is 16.3 Å². The normalized spacial score (nSPS) is 11.2. The van der Waals surface area contributed by atoms with Crippen molar-refractivity contribution in [3.05, 3.63) is 74.8 Å². The minimum Gasteiger partial charge on any atom is -0.497 e. The Morgan fingerprint density at radius 3 is 2.67 bits per heavy atom. The van der Waals surface area contributed by atoms with Gasteiger partial charge in [-0.2, -0.15) is 0 Å². The molecule has 0 radical (unpaired) electrons. The molecule has 30 heavy (non-hydrogen) atoms. The molecule has 0 amide bonds. The van der Waals surface area contributed by atoms with Crippen LogP contribution in [-0.2, 0) is 6.54 Å². The number of hydrogen-bond donors (Lipinski definition) is 0. The fourth-order valence-electron chi connectivity index (χ4n) is 3.11. The van der Waals surface area contributed by atoms with Gasteiger partial charge in [0.25, 0.3) is 5.56 Å². The summed E-state index contributed by atoms with van der Waals surface area (Å²) < 4.78 is 12.2. The Kier molecular flexibility index (Phi) is 5.78. The Morgan fingerprint density at radius 1 is 1.23 bits per heavy atom. The largest absolute Gasteiger partial charge is 0.497 e. The predicted octanol–water partition coefficient (Wildman–Crippen LogP) is 4.70. The number of aromatic nitrogens is 2. The van der Waals surface area contributed by atoms with Gasteiger partial charge in [0.05, 0.1) is 31.1 Å². The van der Waals surface area contributed by atoms with Gasteiger partial charge < -0.3 is 9.15 Å². The molecular weight excluding hydrogens is 420 g/mol. The van der Waals surface area contributed by atoms with Crippen LogP contribution in [0.2, 0.25) is 0 Å². The second-order valence-corrected chi connectivity index (χ2v) is 8.91. The first-order valence-corrected chi connectivity index (χ1v) is 11.1. The highest BCUT2D eigenvalue weighted by Crippen LogP contribution is 2.29. The third kappa shape index (κ3) is 3.93. The number of carbonyl (C=O) groups excluding carboxylic acids is 1. The Balaban J connectivity index is 1.67. The van der Waals surface area contributed by atoms with E-state index in [1.165, 1.54) is 23.1 Å². The molecule has 0 saturated carbocycles. The van der Waals surface area contributed by atoms with Crippen LogP contribution in [0.4, 0.5) is 0 Å². The highest BCUT2D eigenvalue weighted by molar-refractivity contribution is 7.99. The quantitative estimate of drug-likeness (QED) is 0.236. The summed E-state index contributed by atoms with van der Waals surface area (Å²) in [6.45, 7) is 4.19. The number of nitrogens with zero attached hydrogens (tertiary/aromatic N) is 2. The molecule has 3 heterocycles. The van der Waals surface area contributed by atoms with Crippen LogP contribution in [0.3, 0.4) is 0 Å². The molecule has 0 spiro atoms. The molecule has 0 atom stereocenters. The molecule has 3 aromatic heterocycles. The zero-order chi connectivity index (χ0) is 21.3. The average molecular weight is 441 g/mol. The second-order valence-electron chi connectivity index (χ2n) is 6.77. The Labute approximate surface area is 181 Å². The zero-order valence-corrected chi connectivity index (χ0v) is 18.4. The lowest BCUT2D eigenvalue weighted by Crippen LogP contribution is -2.24. The highest BCUT2D eigenvalue weighted by atomic mass is 32.2. The molecular formula is C22H20N2O4S2. The summed E-state index contributed by atoms with van der Waals surface area (Å²) in [6, 6.07) is 10.6. The lowest BCUT2D eigenvalue weighted by atomic mass is 10.1. The molecule has 0 bridgehead atoms. The van der Waals surface area contributed by atoms with Crippen molar-refractivity contribution in [1.29, 1.82) is 0 Å². The summed E-state index contributed by atoms with van der Waals surface area (Å²) in [4.78, 5) is 32.4. The maximum Gasteiger partial charge on any atom is 0.263 e. The van der Waals surface area contributed by atoms with Crippen LogP contribution >= 0.6 is 23.1 Å². The lowest BCUT2D eigenvalue weighted by molar-refractivity contribution is 0.102. The number of ether oxygens (including phenoxy) is 1. The van der Waals surface area contributed by atoms with Crippen LogP contribution in [0.25, 0.3) is 10.2 Å². The molecule has 0 unspecified atom stereocenters. The molecule has 6 nitrogen and oxygen atoms in total. The fraction of sp³-hybridized carbons (Fsp3) is 0.227. The first-order chi connectivity index (χ1) is 14.5. The number of ketones is 1. The molecule has 4 rings (SSSR count). The second kappa shape index (κ2) is 8.49. The Morgan fingerprint density at radius 2 is 2.00 bits per heavy atom. The van der Waals surface area contributed by atoms with E-state index >= 15 is 0 Å². The number of carbonyl (C=O) groups is 1. The fourth-order valence-corrected chi connectivity index (χ4v) is 5.07. The monoisotopic (exact) mass is 440 g/mol. The Bertz CT molecular complexity index is 1260. The standard InChI is InChI=1S/C22H20N2O4S2/c1-13-14(2)30-20-19(13)21(26)24(11-17-5-4-10-28-17)22(23-20)29-12-18(25)15-6-8-16(27-3)9-7-15/h4-10H,11-12H2,1-3H3. The van der Waals surface area contributed by atoms with E-state index in [0.717, 1.165) is 10.4 Å². The number of aryl methyl sites for hydroxylation is 2. The van der Waals surface area contributed by atoms with Gasteiger partial charge in [-0.1, -0.05) is 11.8 Å². The SMILES string of the molecule is COc1ccc(C(=O)CSc2nc3sc(C)c(C)c3c(=O)n2Cc2ccco2)cc1. The highest BCUT2D eigenvalue weighted by Gasteiger charge is 2.19. The van der Waals surface area contributed by atoms with Crippen molar-refractivity contribution in [3.8, 4) is 5.75 Å².